The van der Waals surface area contributed by atoms with E-state index in [1.54, 1.807) is 37.4 Å². The Morgan fingerprint density at radius 1 is 1.43 bits per heavy atom. The molecule has 0 bridgehead atoms. The first-order valence-corrected chi connectivity index (χ1v) is 7.42. The van der Waals surface area contributed by atoms with Crippen molar-refractivity contribution in [1.29, 1.82) is 0 Å². The number of hydrogen-bond acceptors (Lipinski definition) is 5. The number of nitrogens with one attached hydrogen (secondary N) is 1. The van der Waals surface area contributed by atoms with Crippen LogP contribution in [0.15, 0.2) is 45.9 Å². The summed E-state index contributed by atoms with van der Waals surface area (Å²) in [5.41, 5.74) is 0.179. The van der Waals surface area contributed by atoms with Gasteiger partial charge in [0.25, 0.3) is 11.6 Å². The van der Waals surface area contributed by atoms with E-state index in [2.05, 4.69) is 5.32 Å². The lowest BCUT2D eigenvalue weighted by Crippen LogP contribution is -2.26. The first kappa shape index (κ1) is 15.1. The first-order chi connectivity index (χ1) is 10.0. The second-order valence-electron chi connectivity index (χ2n) is 4.35. The Labute approximate surface area is 125 Å². The third-order valence-corrected chi connectivity index (χ3v) is 3.74. The summed E-state index contributed by atoms with van der Waals surface area (Å²) < 4.78 is 5.20. The van der Waals surface area contributed by atoms with Crippen LogP contribution in [-0.2, 0) is 0 Å². The summed E-state index contributed by atoms with van der Waals surface area (Å²) in [5, 5.41) is 13.8. The Hall–Kier alpha value is -2.28. The van der Waals surface area contributed by atoms with Crippen LogP contribution < -0.4 is 5.32 Å². The van der Waals surface area contributed by atoms with Gasteiger partial charge in [-0.25, -0.2) is 0 Å². The maximum Gasteiger partial charge on any atom is 0.283 e. The fraction of sp³-hybridized carbons (Fsp3) is 0.214. The molecule has 0 unspecified atom stereocenters. The van der Waals surface area contributed by atoms with E-state index < -0.39 is 4.92 Å². The Balaban J connectivity index is 2.19. The van der Waals surface area contributed by atoms with Gasteiger partial charge in [-0.3, -0.25) is 14.9 Å². The lowest BCUT2D eigenvalue weighted by Gasteiger charge is -2.11. The molecule has 6 nitrogen and oxygen atoms in total. The summed E-state index contributed by atoms with van der Waals surface area (Å²) in [6, 6.07) is 7.61. The molecule has 2 rings (SSSR count). The van der Waals surface area contributed by atoms with Crippen molar-refractivity contribution in [1.82, 2.24) is 5.32 Å². The van der Waals surface area contributed by atoms with Gasteiger partial charge in [0.1, 0.15) is 5.76 Å². The van der Waals surface area contributed by atoms with E-state index in [9.17, 15) is 14.9 Å². The fourth-order valence-corrected chi connectivity index (χ4v) is 2.41. The molecule has 0 aliphatic carbocycles. The minimum atomic E-state index is -0.488. The van der Waals surface area contributed by atoms with E-state index in [4.69, 9.17) is 4.42 Å². The minimum absolute atomic E-state index is 0.0687. The van der Waals surface area contributed by atoms with Crippen LogP contribution in [0.2, 0.25) is 0 Å². The number of carbonyl (C=O) groups is 1. The van der Waals surface area contributed by atoms with Crippen LogP contribution >= 0.6 is 11.8 Å². The monoisotopic (exact) mass is 306 g/mol. The number of nitrogens with zero attached hydrogens (tertiary/aromatic N) is 1. The molecule has 1 aromatic heterocycles. The lowest BCUT2D eigenvalue weighted by atomic mass is 10.1. The molecule has 0 aliphatic rings. The topological polar surface area (TPSA) is 85.4 Å². The normalized spacial score (nSPS) is 11.9. The zero-order valence-corrected chi connectivity index (χ0v) is 12.3. The largest absolute Gasteiger partial charge is 0.467 e. The van der Waals surface area contributed by atoms with Crippen molar-refractivity contribution in [2.24, 2.45) is 0 Å². The summed E-state index contributed by atoms with van der Waals surface area (Å²) in [6.45, 7) is 1.78. The Morgan fingerprint density at radius 2 is 2.19 bits per heavy atom. The number of amides is 1. The van der Waals surface area contributed by atoms with Crippen molar-refractivity contribution in [2.75, 3.05) is 6.26 Å². The zero-order chi connectivity index (χ0) is 15.4. The van der Waals surface area contributed by atoms with E-state index in [0.29, 0.717) is 10.7 Å². The number of nitro benzene ring substituents is 1. The molecule has 0 fully saturated rings. The van der Waals surface area contributed by atoms with E-state index in [0.717, 1.165) is 0 Å². The first-order valence-electron chi connectivity index (χ1n) is 6.19. The van der Waals surface area contributed by atoms with E-state index in [-0.39, 0.29) is 23.2 Å². The van der Waals surface area contributed by atoms with Gasteiger partial charge in [0.05, 0.1) is 22.1 Å². The molecular weight excluding hydrogens is 292 g/mol. The molecule has 1 aromatic carbocycles. The molecular formula is C14H14N2O4S. The van der Waals surface area contributed by atoms with Crippen LogP contribution in [0.3, 0.4) is 0 Å². The molecule has 2 aromatic rings. The number of thioether (sulfide) groups is 1. The molecule has 0 spiro atoms. The van der Waals surface area contributed by atoms with Gasteiger partial charge in [-0.15, -0.1) is 11.8 Å². The maximum atomic E-state index is 12.1. The predicted molar refractivity (Wildman–Crippen MR) is 79.5 cm³/mol. The second-order valence-corrected chi connectivity index (χ2v) is 5.20. The van der Waals surface area contributed by atoms with Gasteiger partial charge < -0.3 is 9.73 Å². The number of furan rings is 1. The molecule has 1 N–H and O–H groups in total. The van der Waals surface area contributed by atoms with Crippen LogP contribution in [0.25, 0.3) is 0 Å². The van der Waals surface area contributed by atoms with Crippen molar-refractivity contribution >= 4 is 23.4 Å². The molecule has 110 valence electrons. The van der Waals surface area contributed by atoms with Gasteiger partial charge >= 0.3 is 0 Å². The predicted octanol–water partition coefficient (Wildman–Crippen LogP) is 3.40. The standard InChI is InChI=1S/C14H14N2O4S/c1-9(12-4-3-7-20-12)15-14(17)10-5-6-13(21-2)11(8-10)16(18)19/h3-9H,1-2H3,(H,15,17)/t9-/m0/s1. The number of rotatable bonds is 5. The molecule has 0 aliphatic heterocycles. The average molecular weight is 306 g/mol. The van der Waals surface area contributed by atoms with Crippen molar-refractivity contribution in [3.8, 4) is 0 Å². The third-order valence-electron chi connectivity index (χ3n) is 2.96. The Morgan fingerprint density at radius 3 is 2.76 bits per heavy atom. The summed E-state index contributed by atoms with van der Waals surface area (Å²) in [6.07, 6.45) is 3.27. The van der Waals surface area contributed by atoms with Gasteiger partial charge in [-0.1, -0.05) is 0 Å². The maximum absolute atomic E-state index is 12.1. The summed E-state index contributed by atoms with van der Waals surface area (Å²) in [5.74, 6) is 0.244. The van der Waals surface area contributed by atoms with Gasteiger partial charge in [-0.2, -0.15) is 0 Å². The van der Waals surface area contributed by atoms with Crippen LogP contribution in [0.5, 0.6) is 0 Å². The highest BCUT2D eigenvalue weighted by molar-refractivity contribution is 7.98. The Bertz CT molecular complexity index is 655. The molecule has 1 atom stereocenters. The molecule has 7 heteroatoms. The van der Waals surface area contributed by atoms with E-state index in [1.807, 2.05) is 0 Å². The molecule has 0 radical (unpaired) electrons. The highest BCUT2D eigenvalue weighted by Gasteiger charge is 2.19. The van der Waals surface area contributed by atoms with Crippen LogP contribution in [0, 0.1) is 10.1 Å². The van der Waals surface area contributed by atoms with Crippen molar-refractivity contribution < 1.29 is 14.1 Å². The number of hydrogen-bond donors (Lipinski definition) is 1. The lowest BCUT2D eigenvalue weighted by molar-refractivity contribution is -0.387. The summed E-state index contributed by atoms with van der Waals surface area (Å²) in [7, 11) is 0. The van der Waals surface area contributed by atoms with Gasteiger partial charge in [0.2, 0.25) is 0 Å². The van der Waals surface area contributed by atoms with Gasteiger partial charge in [-0.05, 0) is 37.4 Å². The van der Waals surface area contributed by atoms with Gasteiger partial charge in [0.15, 0.2) is 0 Å². The van der Waals surface area contributed by atoms with Crippen molar-refractivity contribution in [3.63, 3.8) is 0 Å². The second kappa shape index (κ2) is 6.45. The van der Waals surface area contributed by atoms with Crippen LogP contribution in [0.1, 0.15) is 29.1 Å². The Kier molecular flexibility index (Phi) is 4.64. The quantitative estimate of drug-likeness (QED) is 0.520. The van der Waals surface area contributed by atoms with Crippen molar-refractivity contribution in [2.45, 2.75) is 17.9 Å². The summed E-state index contributed by atoms with van der Waals surface area (Å²) in [4.78, 5) is 23.2. The third kappa shape index (κ3) is 3.43. The minimum Gasteiger partial charge on any atom is -0.467 e. The number of nitro groups is 1. The van der Waals surface area contributed by atoms with E-state index in [1.165, 1.54) is 24.1 Å². The SMILES string of the molecule is CSc1ccc(C(=O)N[C@@H](C)c2ccco2)cc1[N+](=O)[O-]. The van der Waals surface area contributed by atoms with Crippen LogP contribution in [0.4, 0.5) is 5.69 Å². The van der Waals surface area contributed by atoms with E-state index >= 15 is 0 Å². The smallest absolute Gasteiger partial charge is 0.283 e. The molecule has 0 saturated heterocycles. The zero-order valence-electron chi connectivity index (χ0n) is 11.5. The van der Waals surface area contributed by atoms with Crippen molar-refractivity contribution in [3.05, 3.63) is 58.0 Å². The summed E-state index contributed by atoms with van der Waals surface area (Å²) >= 11 is 1.27. The molecule has 1 amide bonds. The molecule has 0 saturated carbocycles. The number of benzene rings is 1. The molecule has 21 heavy (non-hydrogen) atoms. The molecule has 1 heterocycles. The number of carbonyl (C=O) groups excluding carboxylic acids is 1. The highest BCUT2D eigenvalue weighted by atomic mass is 32.2. The van der Waals surface area contributed by atoms with Crippen LogP contribution in [-0.4, -0.2) is 17.1 Å². The fourth-order valence-electron chi connectivity index (χ4n) is 1.86. The highest BCUT2D eigenvalue weighted by Crippen LogP contribution is 2.28. The van der Waals surface area contributed by atoms with Gasteiger partial charge in [0, 0.05) is 11.6 Å². The average Bonchev–Trinajstić information content (AvgIpc) is 3.00.